The zero-order chi connectivity index (χ0) is 23.3. The van der Waals surface area contributed by atoms with Crippen molar-refractivity contribution in [1.29, 1.82) is 0 Å². The van der Waals surface area contributed by atoms with Gasteiger partial charge in [-0.1, -0.05) is 50.3 Å². The molecule has 0 amide bonds. The number of aliphatic hydroxyl groups excluding tert-OH is 1. The van der Waals surface area contributed by atoms with Gasteiger partial charge in [0.2, 0.25) is 0 Å². The summed E-state index contributed by atoms with van der Waals surface area (Å²) in [6, 6.07) is 10.1. The van der Waals surface area contributed by atoms with Gasteiger partial charge in [0.1, 0.15) is 11.8 Å². The van der Waals surface area contributed by atoms with Crippen molar-refractivity contribution in [3.8, 4) is 0 Å². The van der Waals surface area contributed by atoms with Crippen molar-refractivity contribution in [2.24, 2.45) is 39.9 Å². The van der Waals surface area contributed by atoms with Gasteiger partial charge in [0.25, 0.3) is 0 Å². The average molecular weight is 460 g/mol. The van der Waals surface area contributed by atoms with E-state index in [1.165, 1.54) is 0 Å². The highest BCUT2D eigenvalue weighted by Gasteiger charge is 2.93. The van der Waals surface area contributed by atoms with Crippen LogP contribution in [-0.4, -0.2) is 51.6 Å². The number of carbonyl (C=O) groups is 1. The first-order valence-corrected chi connectivity index (χ1v) is 13.1. The second kappa shape index (κ2) is 5.88. The number of aliphatic hydroxyl groups is 2. The topological polar surface area (TPSA) is 70.0 Å². The van der Waals surface area contributed by atoms with Gasteiger partial charge in [0, 0.05) is 47.2 Å². The predicted molar refractivity (Wildman–Crippen MR) is 126 cm³/mol. The van der Waals surface area contributed by atoms with Gasteiger partial charge in [-0.3, -0.25) is 4.90 Å². The smallest absolute Gasteiger partial charge is 0.331 e. The molecule has 1 aromatic rings. The number of carbonyl (C=O) groups excluding carboxylic acids is 1. The summed E-state index contributed by atoms with van der Waals surface area (Å²) in [6.07, 6.45) is 7.36. The van der Waals surface area contributed by atoms with Gasteiger partial charge in [-0.15, -0.1) is 0 Å². The fourth-order valence-electron chi connectivity index (χ4n) is 11.6. The number of hydrogen-bond donors (Lipinski definition) is 2. The Morgan fingerprint density at radius 1 is 1.24 bits per heavy atom. The molecule has 34 heavy (non-hydrogen) atoms. The minimum Gasteiger partial charge on any atom is -0.458 e. The van der Waals surface area contributed by atoms with E-state index >= 15 is 0 Å². The highest BCUT2D eigenvalue weighted by atomic mass is 16.5. The number of ether oxygens (including phenoxy) is 1. The molecule has 2 N–H and O–H groups in total. The van der Waals surface area contributed by atoms with Crippen LogP contribution in [0.5, 0.6) is 0 Å². The minimum atomic E-state index is -0.833. The van der Waals surface area contributed by atoms with Gasteiger partial charge in [0.05, 0.1) is 6.10 Å². The molecule has 178 valence electrons. The molecule has 0 radical (unpaired) electrons. The molecule has 6 aliphatic carbocycles. The predicted octanol–water partition coefficient (Wildman–Crippen LogP) is 3.38. The van der Waals surface area contributed by atoms with Gasteiger partial charge in [-0.25, -0.2) is 4.79 Å². The molecule has 3 saturated heterocycles. The Balaban J connectivity index is 1.23. The largest absolute Gasteiger partial charge is 0.458 e. The molecule has 9 bridgehead atoms. The lowest BCUT2D eigenvalue weighted by molar-refractivity contribution is -0.274. The van der Waals surface area contributed by atoms with Crippen molar-refractivity contribution >= 4 is 12.0 Å². The zero-order valence-corrected chi connectivity index (χ0v) is 19.7. The number of hydrogen-bond acceptors (Lipinski definition) is 5. The molecule has 3 unspecified atom stereocenters. The Kier molecular flexibility index (Phi) is 3.50. The first-order chi connectivity index (χ1) is 16.3. The maximum absolute atomic E-state index is 13.1. The van der Waals surface area contributed by atoms with Crippen LogP contribution in [0.3, 0.4) is 0 Å². The van der Waals surface area contributed by atoms with Gasteiger partial charge < -0.3 is 14.9 Å². The van der Waals surface area contributed by atoms with Crippen molar-refractivity contribution in [1.82, 2.24) is 4.90 Å². The number of esters is 1. The molecule has 10 rings (SSSR count). The fourth-order valence-corrected chi connectivity index (χ4v) is 11.6. The van der Waals surface area contributed by atoms with Crippen LogP contribution >= 0.6 is 0 Å². The third-order valence-electron chi connectivity index (χ3n) is 11.8. The maximum atomic E-state index is 13.1. The normalized spacial score (nSPS) is 57.1. The molecule has 0 aromatic heterocycles. The molecule has 9 fully saturated rings. The van der Waals surface area contributed by atoms with E-state index in [1.807, 2.05) is 36.4 Å². The standard InChI is InChI=1S/C29H33NO4/c1-16-18-13-19-23-27-12-6-11-26(2)15-30(23)29(33,25(26)27)14-28(19,24(16)32)22(27)21(18)34-20(31)10-9-17-7-4-3-5-8-17/h3-5,7-10,18-19,21-25,32-33H,1,6,11-15H2,2H3/b10-9+/t18-,19+,21+,22+,23?,24-,25-,26+,27+,28?,29+/m1/s1. The Bertz CT molecular complexity index is 1160. The molecule has 1 aromatic carbocycles. The molecule has 3 heterocycles. The van der Waals surface area contributed by atoms with Crippen molar-refractivity contribution < 1.29 is 19.7 Å². The van der Waals surface area contributed by atoms with Crippen molar-refractivity contribution in [3.63, 3.8) is 0 Å². The molecule has 6 saturated carbocycles. The lowest BCUT2D eigenvalue weighted by Gasteiger charge is -2.67. The summed E-state index contributed by atoms with van der Waals surface area (Å²) in [5.74, 6) is 0.339. The summed E-state index contributed by atoms with van der Waals surface area (Å²) in [5, 5.41) is 23.9. The van der Waals surface area contributed by atoms with Gasteiger partial charge in [0.15, 0.2) is 0 Å². The zero-order valence-electron chi connectivity index (χ0n) is 19.7. The number of benzene rings is 1. The average Bonchev–Trinajstić information content (AvgIpc) is 3.18. The summed E-state index contributed by atoms with van der Waals surface area (Å²) < 4.78 is 6.36. The van der Waals surface area contributed by atoms with Gasteiger partial charge in [-0.05, 0) is 54.2 Å². The lowest BCUT2D eigenvalue weighted by atomic mass is 9.39. The third kappa shape index (κ3) is 1.88. The minimum absolute atomic E-state index is 0.000834. The second-order valence-corrected chi connectivity index (χ2v) is 12.8. The number of piperidine rings is 2. The van der Waals surface area contributed by atoms with Crippen LogP contribution in [0.1, 0.15) is 44.6 Å². The summed E-state index contributed by atoms with van der Waals surface area (Å²) >= 11 is 0. The number of fused-ring (bicyclic) bond motifs is 1. The Hall–Kier alpha value is -1.95. The van der Waals surface area contributed by atoms with E-state index in [-0.39, 0.29) is 40.7 Å². The molecule has 3 aliphatic heterocycles. The molecular formula is C29H33NO4. The maximum Gasteiger partial charge on any atom is 0.331 e. The highest BCUT2D eigenvalue weighted by molar-refractivity contribution is 5.87. The van der Waals surface area contributed by atoms with Crippen molar-refractivity contribution in [3.05, 3.63) is 54.1 Å². The number of nitrogens with zero attached hydrogens (tertiary/aromatic N) is 1. The Morgan fingerprint density at radius 3 is 2.82 bits per heavy atom. The van der Waals surface area contributed by atoms with Crippen LogP contribution < -0.4 is 0 Å². The SMILES string of the molecule is C=C1[C@H]2C[C@H]3C4N5C[C@]6(C)CCC[C@]47[C@H]([C@H]2OC(=O)/C=C/c2ccccc2)C3(C[C@]5(O)[C@H]67)[C@@H]1O. The van der Waals surface area contributed by atoms with E-state index in [0.29, 0.717) is 18.4 Å². The van der Waals surface area contributed by atoms with Crippen LogP contribution in [0.4, 0.5) is 0 Å². The quantitative estimate of drug-likeness (QED) is 0.412. The van der Waals surface area contributed by atoms with Crippen LogP contribution in [0, 0.1) is 39.9 Å². The van der Waals surface area contributed by atoms with E-state index in [9.17, 15) is 15.0 Å². The van der Waals surface area contributed by atoms with Gasteiger partial charge >= 0.3 is 5.97 Å². The Labute approximate surface area is 200 Å². The monoisotopic (exact) mass is 459 g/mol. The van der Waals surface area contributed by atoms with Gasteiger partial charge in [-0.2, -0.15) is 0 Å². The van der Waals surface area contributed by atoms with E-state index in [2.05, 4.69) is 18.4 Å². The third-order valence-corrected chi connectivity index (χ3v) is 11.8. The summed E-state index contributed by atoms with van der Waals surface area (Å²) in [6.45, 7) is 7.66. The van der Waals surface area contributed by atoms with E-state index in [0.717, 1.165) is 43.4 Å². The molecule has 9 aliphatic rings. The van der Waals surface area contributed by atoms with Crippen LogP contribution in [-0.2, 0) is 9.53 Å². The molecule has 5 nitrogen and oxygen atoms in total. The first-order valence-electron chi connectivity index (χ1n) is 13.1. The van der Waals surface area contributed by atoms with Crippen LogP contribution in [0.2, 0.25) is 0 Å². The molecular weight excluding hydrogens is 426 g/mol. The molecule has 2 spiro atoms. The van der Waals surface area contributed by atoms with E-state index in [4.69, 9.17) is 4.74 Å². The Morgan fingerprint density at radius 2 is 2.03 bits per heavy atom. The van der Waals surface area contributed by atoms with E-state index < -0.39 is 17.2 Å². The highest BCUT2D eigenvalue weighted by Crippen LogP contribution is 2.89. The summed E-state index contributed by atoms with van der Waals surface area (Å²) in [4.78, 5) is 15.6. The van der Waals surface area contributed by atoms with Crippen molar-refractivity contribution in [2.45, 2.75) is 63.0 Å². The summed E-state index contributed by atoms with van der Waals surface area (Å²) in [7, 11) is 0. The van der Waals surface area contributed by atoms with Crippen LogP contribution in [0.15, 0.2) is 48.6 Å². The molecule has 12 atom stereocenters. The first kappa shape index (κ1) is 20.3. The van der Waals surface area contributed by atoms with Crippen LogP contribution in [0.25, 0.3) is 6.08 Å². The lowest BCUT2D eigenvalue weighted by Crippen LogP contribution is -2.72. The number of rotatable bonds is 3. The molecule has 5 heteroatoms. The second-order valence-electron chi connectivity index (χ2n) is 12.8. The van der Waals surface area contributed by atoms with Crippen molar-refractivity contribution in [2.75, 3.05) is 6.54 Å². The summed E-state index contributed by atoms with van der Waals surface area (Å²) in [5.41, 5.74) is 0.560. The van der Waals surface area contributed by atoms with E-state index in [1.54, 1.807) is 6.08 Å². The fraction of sp³-hybridized carbons (Fsp3) is 0.621.